The van der Waals surface area contributed by atoms with Crippen LogP contribution in [0, 0.1) is 5.41 Å². The third-order valence-corrected chi connectivity index (χ3v) is 2.61. The summed E-state index contributed by atoms with van der Waals surface area (Å²) in [5.74, 6) is 3.79. The molecule has 0 aromatic carbocycles. The summed E-state index contributed by atoms with van der Waals surface area (Å²) in [4.78, 5) is 39.2. The molecule has 1 saturated heterocycles. The van der Waals surface area contributed by atoms with Crippen LogP contribution in [0.3, 0.4) is 0 Å². The fourth-order valence-corrected chi connectivity index (χ4v) is 1.70. The summed E-state index contributed by atoms with van der Waals surface area (Å²) in [6, 6.07) is 0. The van der Waals surface area contributed by atoms with E-state index in [-0.39, 0.29) is 26.0 Å². The molecule has 114 valence electrons. The van der Waals surface area contributed by atoms with E-state index in [9.17, 15) is 14.4 Å². The van der Waals surface area contributed by atoms with Crippen molar-refractivity contribution in [2.75, 3.05) is 20.4 Å². The third-order valence-electron chi connectivity index (χ3n) is 2.61. The maximum atomic E-state index is 11.7. The molecular weight excluding hydrogens is 266 g/mol. The second-order valence-corrected chi connectivity index (χ2v) is 5.62. The van der Waals surface area contributed by atoms with Gasteiger partial charge in [-0.15, -0.1) is 5.06 Å². The highest BCUT2D eigenvalue weighted by atomic mass is 16.7. The number of rotatable bonds is 7. The van der Waals surface area contributed by atoms with Crippen molar-refractivity contribution in [2.45, 2.75) is 33.1 Å². The molecule has 1 heterocycles. The number of nitrogens with zero attached hydrogens (tertiary/aromatic N) is 2. The molecule has 1 aliphatic heterocycles. The standard InChI is InChI=1S/C12H21N3O5/c1-12(2,7-19-8-14(3)13)6-11(18)20-15-9(16)4-5-10(15)17/h4-8,13H2,1-3H3. The Morgan fingerprint density at radius 1 is 1.35 bits per heavy atom. The van der Waals surface area contributed by atoms with E-state index in [2.05, 4.69) is 0 Å². The van der Waals surface area contributed by atoms with Gasteiger partial charge in [-0.1, -0.05) is 13.8 Å². The highest BCUT2D eigenvalue weighted by Gasteiger charge is 2.34. The van der Waals surface area contributed by atoms with Gasteiger partial charge in [0.05, 0.1) is 13.0 Å². The molecule has 8 nitrogen and oxygen atoms in total. The molecule has 1 aliphatic rings. The lowest BCUT2D eigenvalue weighted by molar-refractivity contribution is -0.199. The van der Waals surface area contributed by atoms with E-state index in [1.54, 1.807) is 7.05 Å². The van der Waals surface area contributed by atoms with Gasteiger partial charge in [0.15, 0.2) is 0 Å². The first-order valence-corrected chi connectivity index (χ1v) is 6.31. The largest absolute Gasteiger partial charge is 0.364 e. The minimum absolute atomic E-state index is 0.0261. The molecule has 1 fully saturated rings. The van der Waals surface area contributed by atoms with Crippen LogP contribution in [-0.4, -0.2) is 48.2 Å². The van der Waals surface area contributed by atoms with Gasteiger partial charge in [0, 0.05) is 19.9 Å². The zero-order valence-electron chi connectivity index (χ0n) is 12.0. The maximum absolute atomic E-state index is 11.7. The Bertz CT molecular complexity index is 379. The van der Waals surface area contributed by atoms with Gasteiger partial charge in [-0.05, 0) is 5.41 Å². The number of imide groups is 1. The minimum Gasteiger partial charge on any atom is -0.364 e. The van der Waals surface area contributed by atoms with E-state index >= 15 is 0 Å². The van der Waals surface area contributed by atoms with E-state index in [0.717, 1.165) is 0 Å². The number of hydrogen-bond donors (Lipinski definition) is 1. The van der Waals surface area contributed by atoms with Crippen molar-refractivity contribution in [1.82, 2.24) is 10.1 Å². The van der Waals surface area contributed by atoms with Crippen LogP contribution < -0.4 is 5.84 Å². The first-order valence-electron chi connectivity index (χ1n) is 6.31. The number of ether oxygens (including phenoxy) is 1. The van der Waals surface area contributed by atoms with Gasteiger partial charge < -0.3 is 9.57 Å². The van der Waals surface area contributed by atoms with Crippen LogP contribution in [0.2, 0.25) is 0 Å². The molecule has 8 heteroatoms. The molecule has 0 aliphatic carbocycles. The van der Waals surface area contributed by atoms with Crippen LogP contribution in [0.4, 0.5) is 0 Å². The average Bonchev–Trinajstić information content (AvgIpc) is 2.59. The molecule has 20 heavy (non-hydrogen) atoms. The Morgan fingerprint density at radius 2 is 1.90 bits per heavy atom. The Labute approximate surface area is 117 Å². The first kappa shape index (κ1) is 16.5. The monoisotopic (exact) mass is 287 g/mol. The molecule has 0 spiro atoms. The van der Waals surface area contributed by atoms with Crippen LogP contribution in [0.25, 0.3) is 0 Å². The molecular formula is C12H21N3O5. The highest BCUT2D eigenvalue weighted by Crippen LogP contribution is 2.22. The van der Waals surface area contributed by atoms with Gasteiger partial charge in [-0.3, -0.25) is 15.4 Å². The summed E-state index contributed by atoms with van der Waals surface area (Å²) >= 11 is 0. The maximum Gasteiger partial charge on any atom is 0.333 e. The quantitative estimate of drug-likeness (QED) is 0.299. The Morgan fingerprint density at radius 3 is 2.40 bits per heavy atom. The van der Waals surface area contributed by atoms with Gasteiger partial charge in [-0.2, -0.15) is 0 Å². The number of hydrazine groups is 1. The van der Waals surface area contributed by atoms with E-state index < -0.39 is 23.2 Å². The molecule has 0 aromatic rings. The number of hydroxylamine groups is 2. The van der Waals surface area contributed by atoms with Crippen molar-refractivity contribution in [2.24, 2.45) is 11.3 Å². The Balaban J connectivity index is 2.40. The van der Waals surface area contributed by atoms with Crippen LogP contribution in [-0.2, 0) is 24.0 Å². The average molecular weight is 287 g/mol. The van der Waals surface area contributed by atoms with Gasteiger partial charge in [0.25, 0.3) is 11.8 Å². The van der Waals surface area contributed by atoms with E-state index in [1.165, 1.54) is 5.01 Å². The molecule has 0 aromatic heterocycles. The summed E-state index contributed by atoms with van der Waals surface area (Å²) in [5, 5.41) is 1.92. The number of carbonyl (C=O) groups excluding carboxylic acids is 3. The zero-order valence-corrected chi connectivity index (χ0v) is 12.0. The normalized spacial score (nSPS) is 16.1. The molecule has 2 N–H and O–H groups in total. The lowest BCUT2D eigenvalue weighted by Crippen LogP contribution is -2.35. The molecule has 0 saturated carbocycles. The fourth-order valence-electron chi connectivity index (χ4n) is 1.70. The minimum atomic E-state index is -0.636. The number of nitrogens with two attached hydrogens (primary N) is 1. The smallest absolute Gasteiger partial charge is 0.333 e. The highest BCUT2D eigenvalue weighted by molar-refractivity contribution is 6.01. The SMILES string of the molecule is CN(N)COCC(C)(C)CC(=O)ON1C(=O)CCC1=O. The van der Waals surface area contributed by atoms with Gasteiger partial charge >= 0.3 is 5.97 Å². The van der Waals surface area contributed by atoms with Gasteiger partial charge in [0.1, 0.15) is 6.73 Å². The summed E-state index contributed by atoms with van der Waals surface area (Å²) in [6.45, 7) is 4.17. The molecule has 0 bridgehead atoms. The van der Waals surface area contributed by atoms with Crippen LogP contribution >= 0.6 is 0 Å². The lowest BCUT2D eigenvalue weighted by atomic mass is 9.91. The summed E-state index contributed by atoms with van der Waals surface area (Å²) in [6.07, 6.45) is 0.196. The van der Waals surface area contributed by atoms with Crippen molar-refractivity contribution in [3.63, 3.8) is 0 Å². The lowest BCUT2D eigenvalue weighted by Gasteiger charge is -2.24. The van der Waals surface area contributed by atoms with E-state index in [0.29, 0.717) is 11.7 Å². The van der Waals surface area contributed by atoms with Crippen molar-refractivity contribution >= 4 is 17.8 Å². The van der Waals surface area contributed by atoms with E-state index in [4.69, 9.17) is 15.4 Å². The fraction of sp³-hybridized carbons (Fsp3) is 0.750. The first-order chi connectivity index (χ1) is 9.21. The Kier molecular flexibility index (Phi) is 5.61. The number of amides is 2. The summed E-state index contributed by atoms with van der Waals surface area (Å²) in [5.41, 5.74) is -0.487. The van der Waals surface area contributed by atoms with Gasteiger partial charge in [0.2, 0.25) is 0 Å². The second-order valence-electron chi connectivity index (χ2n) is 5.62. The second kappa shape index (κ2) is 6.78. The number of hydrogen-bond acceptors (Lipinski definition) is 7. The molecule has 0 unspecified atom stereocenters. The predicted molar refractivity (Wildman–Crippen MR) is 68.3 cm³/mol. The van der Waals surface area contributed by atoms with Crippen molar-refractivity contribution in [3.05, 3.63) is 0 Å². The van der Waals surface area contributed by atoms with Gasteiger partial charge in [-0.25, -0.2) is 9.80 Å². The van der Waals surface area contributed by atoms with Crippen molar-refractivity contribution in [3.8, 4) is 0 Å². The van der Waals surface area contributed by atoms with Crippen molar-refractivity contribution < 1.29 is 24.0 Å². The van der Waals surface area contributed by atoms with Crippen molar-refractivity contribution in [1.29, 1.82) is 0 Å². The summed E-state index contributed by atoms with van der Waals surface area (Å²) < 4.78 is 5.32. The van der Waals surface area contributed by atoms with Crippen LogP contribution in [0.5, 0.6) is 0 Å². The zero-order chi connectivity index (χ0) is 15.3. The Hall–Kier alpha value is -1.51. The topological polar surface area (TPSA) is 102 Å². The molecule has 1 rings (SSSR count). The van der Waals surface area contributed by atoms with Crippen LogP contribution in [0.15, 0.2) is 0 Å². The van der Waals surface area contributed by atoms with E-state index in [1.807, 2.05) is 13.8 Å². The third kappa shape index (κ3) is 5.24. The van der Waals surface area contributed by atoms with Crippen LogP contribution in [0.1, 0.15) is 33.1 Å². The predicted octanol–water partition coefficient (Wildman–Crippen LogP) is -0.211. The molecule has 2 amide bonds. The molecule has 0 atom stereocenters. The molecule has 0 radical (unpaired) electrons. The summed E-state index contributed by atoms with van der Waals surface area (Å²) in [7, 11) is 1.66. The number of carbonyl (C=O) groups is 3.